The molecule has 0 aliphatic carbocycles. The van der Waals surface area contributed by atoms with Gasteiger partial charge in [0, 0.05) is 30.1 Å². The first kappa shape index (κ1) is 16.3. The Bertz CT molecular complexity index is 731. The van der Waals surface area contributed by atoms with Gasteiger partial charge in [-0.05, 0) is 63.0 Å². The number of amides is 1. The molecule has 0 saturated carbocycles. The maximum atomic E-state index is 12.3. The Morgan fingerprint density at radius 2 is 1.88 bits per heavy atom. The molecule has 6 heteroatoms. The number of nitrogens with zero attached hydrogens (tertiary/aromatic N) is 3. The van der Waals surface area contributed by atoms with Gasteiger partial charge in [0.2, 0.25) is 5.91 Å². The minimum Gasteiger partial charge on any atom is -0.326 e. The first-order valence-electron chi connectivity index (χ1n) is 9.35. The van der Waals surface area contributed by atoms with E-state index in [0.29, 0.717) is 0 Å². The van der Waals surface area contributed by atoms with E-state index in [1.807, 2.05) is 24.3 Å². The third-order valence-electron chi connectivity index (χ3n) is 5.23. The molecule has 0 spiro atoms. The molecule has 1 fully saturated rings. The van der Waals surface area contributed by atoms with Crippen molar-refractivity contribution in [3.05, 3.63) is 30.1 Å². The molecule has 0 unspecified atom stereocenters. The van der Waals surface area contributed by atoms with Crippen LogP contribution in [0.25, 0.3) is 11.4 Å². The maximum absolute atomic E-state index is 12.3. The molecule has 1 aromatic heterocycles. The van der Waals surface area contributed by atoms with Gasteiger partial charge in [-0.25, -0.2) is 0 Å². The summed E-state index contributed by atoms with van der Waals surface area (Å²) in [6, 6.07) is 7.99. The molecule has 0 atom stereocenters. The lowest BCUT2D eigenvalue weighted by Gasteiger charge is -2.21. The summed E-state index contributed by atoms with van der Waals surface area (Å²) in [5.74, 6) is 2.28. The molecule has 2 aliphatic rings. The number of nitrogens with one attached hydrogen (secondary N) is 2. The maximum Gasteiger partial charge on any atom is 0.227 e. The normalized spacial score (nSPS) is 18.4. The van der Waals surface area contributed by atoms with E-state index in [4.69, 9.17) is 0 Å². The minimum atomic E-state index is 0.119. The van der Waals surface area contributed by atoms with Crippen molar-refractivity contribution in [2.75, 3.05) is 18.4 Å². The summed E-state index contributed by atoms with van der Waals surface area (Å²) in [6.45, 7) is 2.84. The highest BCUT2D eigenvalue weighted by Gasteiger charge is 2.21. The van der Waals surface area contributed by atoms with Crippen molar-refractivity contribution < 1.29 is 4.79 Å². The predicted molar refractivity (Wildman–Crippen MR) is 97.2 cm³/mol. The monoisotopic (exact) mass is 339 g/mol. The molecule has 1 saturated heterocycles. The Morgan fingerprint density at radius 1 is 1.08 bits per heavy atom. The van der Waals surface area contributed by atoms with Crippen LogP contribution in [0.15, 0.2) is 24.3 Å². The number of aromatic nitrogens is 3. The van der Waals surface area contributed by atoms with Crippen LogP contribution < -0.4 is 10.6 Å². The van der Waals surface area contributed by atoms with Crippen LogP contribution in [0, 0.1) is 5.92 Å². The molecular formula is C19H25N5O. The largest absolute Gasteiger partial charge is 0.326 e. The third-order valence-corrected chi connectivity index (χ3v) is 5.23. The van der Waals surface area contributed by atoms with Crippen molar-refractivity contribution in [1.82, 2.24) is 20.1 Å². The van der Waals surface area contributed by atoms with Crippen molar-refractivity contribution >= 4 is 11.6 Å². The second-order valence-corrected chi connectivity index (χ2v) is 6.99. The first-order valence-corrected chi connectivity index (χ1v) is 9.35. The van der Waals surface area contributed by atoms with Gasteiger partial charge in [-0.3, -0.25) is 4.79 Å². The van der Waals surface area contributed by atoms with Gasteiger partial charge in [0.25, 0.3) is 0 Å². The summed E-state index contributed by atoms with van der Waals surface area (Å²) >= 11 is 0. The van der Waals surface area contributed by atoms with Crippen LogP contribution in [0.2, 0.25) is 0 Å². The number of aryl methyl sites for hydroxylation is 1. The second-order valence-electron chi connectivity index (χ2n) is 6.99. The molecule has 4 rings (SSSR count). The lowest BCUT2D eigenvalue weighted by molar-refractivity contribution is -0.120. The minimum absolute atomic E-state index is 0.119. The second kappa shape index (κ2) is 7.35. The topological polar surface area (TPSA) is 71.8 Å². The van der Waals surface area contributed by atoms with Crippen LogP contribution in [0.1, 0.15) is 37.9 Å². The fourth-order valence-electron chi connectivity index (χ4n) is 3.73. The highest BCUT2D eigenvalue weighted by molar-refractivity contribution is 5.92. The summed E-state index contributed by atoms with van der Waals surface area (Å²) < 4.78 is 2.25. The van der Waals surface area contributed by atoms with Crippen LogP contribution >= 0.6 is 0 Å². The Morgan fingerprint density at radius 3 is 2.68 bits per heavy atom. The van der Waals surface area contributed by atoms with Gasteiger partial charge in [0.1, 0.15) is 5.82 Å². The molecule has 25 heavy (non-hydrogen) atoms. The van der Waals surface area contributed by atoms with Crippen LogP contribution in [0.5, 0.6) is 0 Å². The lowest BCUT2D eigenvalue weighted by atomic mass is 9.97. The quantitative estimate of drug-likeness (QED) is 0.902. The van der Waals surface area contributed by atoms with E-state index in [2.05, 4.69) is 25.4 Å². The molecule has 132 valence electrons. The highest BCUT2D eigenvalue weighted by Crippen LogP contribution is 2.24. The zero-order valence-corrected chi connectivity index (χ0v) is 14.5. The number of carbonyl (C=O) groups is 1. The molecule has 2 aliphatic heterocycles. The number of anilines is 1. The van der Waals surface area contributed by atoms with Crippen molar-refractivity contribution in [2.24, 2.45) is 5.92 Å². The van der Waals surface area contributed by atoms with Gasteiger partial charge in [-0.2, -0.15) is 0 Å². The molecule has 0 bridgehead atoms. The number of benzene rings is 1. The van der Waals surface area contributed by atoms with Gasteiger partial charge in [0.15, 0.2) is 5.82 Å². The molecule has 0 radical (unpaired) electrons. The highest BCUT2D eigenvalue weighted by atomic mass is 16.1. The van der Waals surface area contributed by atoms with Gasteiger partial charge in [-0.1, -0.05) is 6.42 Å². The number of hydrogen-bond donors (Lipinski definition) is 2. The van der Waals surface area contributed by atoms with Gasteiger partial charge in [0.05, 0.1) is 0 Å². The Kier molecular flexibility index (Phi) is 4.78. The summed E-state index contributed by atoms with van der Waals surface area (Å²) in [4.78, 5) is 12.3. The number of fused-ring (bicyclic) bond motifs is 1. The number of rotatable bonds is 3. The van der Waals surface area contributed by atoms with Gasteiger partial charge < -0.3 is 15.2 Å². The van der Waals surface area contributed by atoms with E-state index in [9.17, 15) is 4.79 Å². The molecule has 2 N–H and O–H groups in total. The molecule has 1 amide bonds. The Balaban J connectivity index is 1.47. The summed E-state index contributed by atoms with van der Waals surface area (Å²) in [5, 5.41) is 15.1. The van der Waals surface area contributed by atoms with Crippen LogP contribution in [-0.4, -0.2) is 33.8 Å². The van der Waals surface area contributed by atoms with Crippen molar-refractivity contribution in [3.8, 4) is 11.4 Å². The average Bonchev–Trinajstić information content (AvgIpc) is 2.91. The van der Waals surface area contributed by atoms with Crippen molar-refractivity contribution in [3.63, 3.8) is 0 Å². The predicted octanol–water partition coefficient (Wildman–Crippen LogP) is 2.61. The van der Waals surface area contributed by atoms with E-state index in [-0.39, 0.29) is 11.8 Å². The van der Waals surface area contributed by atoms with E-state index in [1.54, 1.807) is 0 Å². The fraction of sp³-hybridized carbons (Fsp3) is 0.526. The average molecular weight is 339 g/mol. The van der Waals surface area contributed by atoms with E-state index in [1.165, 1.54) is 19.3 Å². The van der Waals surface area contributed by atoms with E-state index in [0.717, 1.165) is 61.8 Å². The molecule has 2 aromatic rings. The SMILES string of the molecule is O=C(Nc1ccc(-c2nnc3n2CCCCC3)cc1)C1CCNCC1. The van der Waals surface area contributed by atoms with Gasteiger partial charge >= 0.3 is 0 Å². The van der Waals surface area contributed by atoms with Gasteiger partial charge in [-0.15, -0.1) is 10.2 Å². The lowest BCUT2D eigenvalue weighted by Crippen LogP contribution is -2.34. The molecule has 1 aromatic carbocycles. The fourth-order valence-corrected chi connectivity index (χ4v) is 3.73. The molecular weight excluding hydrogens is 314 g/mol. The van der Waals surface area contributed by atoms with E-state index < -0.39 is 0 Å². The van der Waals surface area contributed by atoms with Crippen LogP contribution in [-0.2, 0) is 17.8 Å². The summed E-state index contributed by atoms with van der Waals surface area (Å²) in [7, 11) is 0. The zero-order chi connectivity index (χ0) is 17.1. The van der Waals surface area contributed by atoms with E-state index >= 15 is 0 Å². The standard InChI is InChI=1S/C19H25N5O/c25-19(15-9-11-20-12-10-15)21-16-7-5-14(6-8-16)18-23-22-17-4-2-1-3-13-24(17)18/h5-8,15,20H,1-4,9-13H2,(H,21,25). The Hall–Kier alpha value is -2.21. The van der Waals surface area contributed by atoms with Crippen LogP contribution in [0.4, 0.5) is 5.69 Å². The summed E-state index contributed by atoms with van der Waals surface area (Å²) in [5.41, 5.74) is 1.91. The van der Waals surface area contributed by atoms with Crippen LogP contribution in [0.3, 0.4) is 0 Å². The number of carbonyl (C=O) groups excluding carboxylic acids is 1. The zero-order valence-electron chi connectivity index (χ0n) is 14.5. The number of piperidine rings is 1. The molecule has 3 heterocycles. The first-order chi connectivity index (χ1) is 12.3. The summed E-state index contributed by atoms with van der Waals surface area (Å²) in [6.07, 6.45) is 6.47. The number of hydrogen-bond acceptors (Lipinski definition) is 4. The smallest absolute Gasteiger partial charge is 0.227 e. The Labute approximate surface area is 148 Å². The van der Waals surface area contributed by atoms with Crippen molar-refractivity contribution in [1.29, 1.82) is 0 Å². The third kappa shape index (κ3) is 3.58. The van der Waals surface area contributed by atoms with Crippen molar-refractivity contribution in [2.45, 2.75) is 45.1 Å². The molecule has 6 nitrogen and oxygen atoms in total.